The maximum absolute atomic E-state index is 12.2. The van der Waals surface area contributed by atoms with E-state index < -0.39 is 10.0 Å². The Morgan fingerprint density at radius 1 is 1.37 bits per heavy atom. The van der Waals surface area contributed by atoms with E-state index in [1.165, 1.54) is 12.3 Å². The van der Waals surface area contributed by atoms with Crippen LogP contribution in [0.3, 0.4) is 0 Å². The third-order valence-electron chi connectivity index (χ3n) is 2.67. The highest BCUT2D eigenvalue weighted by molar-refractivity contribution is 14.1. The first-order valence-electron chi connectivity index (χ1n) is 5.47. The Bertz CT molecular complexity index is 695. The van der Waals surface area contributed by atoms with Crippen LogP contribution in [-0.2, 0) is 23.7 Å². The van der Waals surface area contributed by atoms with Crippen molar-refractivity contribution in [1.29, 1.82) is 0 Å². The van der Waals surface area contributed by atoms with E-state index in [0.717, 1.165) is 3.57 Å². The van der Waals surface area contributed by atoms with Crippen molar-refractivity contribution in [3.63, 3.8) is 0 Å². The molecule has 1 aromatic carbocycles. The van der Waals surface area contributed by atoms with Gasteiger partial charge in [-0.15, -0.1) is 0 Å². The van der Waals surface area contributed by atoms with Gasteiger partial charge in [-0.05, 0) is 40.8 Å². The van der Waals surface area contributed by atoms with Gasteiger partial charge < -0.3 is 9.67 Å². The van der Waals surface area contributed by atoms with Gasteiger partial charge in [-0.25, -0.2) is 8.42 Å². The smallest absolute Gasteiger partial charge is 0.263 e. The Balaban J connectivity index is 2.35. The van der Waals surface area contributed by atoms with Crippen molar-refractivity contribution < 1.29 is 13.5 Å². The molecule has 0 radical (unpaired) electrons. The minimum absolute atomic E-state index is 0.138. The molecule has 5 nitrogen and oxygen atoms in total. The average Bonchev–Trinajstić information content (AvgIpc) is 2.74. The monoisotopic (exact) mass is 392 g/mol. The normalized spacial score (nSPS) is 11.5. The molecule has 0 spiro atoms. The van der Waals surface area contributed by atoms with Gasteiger partial charge in [0, 0.05) is 22.5 Å². The number of nitrogens with one attached hydrogen (secondary N) is 1. The SMILES string of the molecule is Cn1cc(S(=O)(=O)Nc2ccccc2I)cc1CO. The van der Waals surface area contributed by atoms with Crippen LogP contribution in [-0.4, -0.2) is 18.1 Å². The van der Waals surface area contributed by atoms with E-state index in [9.17, 15) is 8.42 Å². The second-order valence-electron chi connectivity index (χ2n) is 4.02. The summed E-state index contributed by atoms with van der Waals surface area (Å²) in [4.78, 5) is 0.138. The number of aryl methyl sites for hydroxylation is 1. The van der Waals surface area contributed by atoms with Crippen LogP contribution >= 0.6 is 22.6 Å². The highest BCUT2D eigenvalue weighted by atomic mass is 127. The standard InChI is InChI=1S/C12H13IN2O3S/c1-15-7-10(6-9(15)8-16)19(17,18)14-12-5-3-2-4-11(12)13/h2-7,14,16H,8H2,1H3. The maximum atomic E-state index is 12.2. The molecule has 0 bridgehead atoms. The first-order chi connectivity index (χ1) is 8.94. The third kappa shape index (κ3) is 3.10. The van der Waals surface area contributed by atoms with Crippen molar-refractivity contribution in [3.8, 4) is 0 Å². The van der Waals surface area contributed by atoms with E-state index in [-0.39, 0.29) is 11.5 Å². The molecular formula is C12H13IN2O3S. The number of anilines is 1. The highest BCUT2D eigenvalue weighted by Gasteiger charge is 2.18. The number of benzene rings is 1. The lowest BCUT2D eigenvalue weighted by Gasteiger charge is -2.07. The molecular weight excluding hydrogens is 379 g/mol. The molecule has 19 heavy (non-hydrogen) atoms. The Labute approximate surface area is 125 Å². The summed E-state index contributed by atoms with van der Waals surface area (Å²) in [5.41, 5.74) is 1.08. The number of aliphatic hydroxyl groups excluding tert-OH is 1. The van der Waals surface area contributed by atoms with Crippen LogP contribution < -0.4 is 4.72 Å². The molecule has 2 N–H and O–H groups in total. The molecule has 0 aliphatic rings. The zero-order valence-corrected chi connectivity index (χ0v) is 13.1. The van der Waals surface area contributed by atoms with Crippen molar-refractivity contribution in [3.05, 3.63) is 45.8 Å². The quantitative estimate of drug-likeness (QED) is 0.782. The van der Waals surface area contributed by atoms with Crippen LogP contribution in [0.5, 0.6) is 0 Å². The Hall–Kier alpha value is -1.06. The molecule has 0 atom stereocenters. The molecule has 102 valence electrons. The van der Waals surface area contributed by atoms with Crippen molar-refractivity contribution in [2.75, 3.05) is 4.72 Å². The number of nitrogens with zero attached hydrogens (tertiary/aromatic N) is 1. The second kappa shape index (κ2) is 5.51. The lowest BCUT2D eigenvalue weighted by Crippen LogP contribution is -2.13. The number of halogens is 1. The average molecular weight is 392 g/mol. The molecule has 0 aliphatic heterocycles. The topological polar surface area (TPSA) is 71.3 Å². The minimum atomic E-state index is -3.63. The number of aromatic nitrogens is 1. The predicted molar refractivity (Wildman–Crippen MR) is 81.3 cm³/mol. The zero-order valence-electron chi connectivity index (χ0n) is 10.2. The molecule has 0 amide bonds. The van der Waals surface area contributed by atoms with Gasteiger partial charge in [-0.1, -0.05) is 12.1 Å². The summed E-state index contributed by atoms with van der Waals surface area (Å²) in [5.74, 6) is 0. The van der Waals surface area contributed by atoms with Gasteiger partial charge in [0.2, 0.25) is 0 Å². The highest BCUT2D eigenvalue weighted by Crippen LogP contribution is 2.22. The first kappa shape index (κ1) is 14.4. The number of hydrogen-bond donors (Lipinski definition) is 2. The van der Waals surface area contributed by atoms with Crippen molar-refractivity contribution in [2.45, 2.75) is 11.5 Å². The maximum Gasteiger partial charge on any atom is 0.263 e. The van der Waals surface area contributed by atoms with Crippen LogP contribution in [0.25, 0.3) is 0 Å². The summed E-state index contributed by atoms with van der Waals surface area (Å²) in [7, 11) is -1.94. The van der Waals surface area contributed by atoms with E-state index in [2.05, 4.69) is 27.3 Å². The van der Waals surface area contributed by atoms with Gasteiger partial charge >= 0.3 is 0 Å². The molecule has 0 fully saturated rings. The molecule has 7 heteroatoms. The Kier molecular flexibility index (Phi) is 4.16. The van der Waals surface area contributed by atoms with Gasteiger partial charge in [-0.3, -0.25) is 4.72 Å². The number of hydrogen-bond acceptors (Lipinski definition) is 3. The first-order valence-corrected chi connectivity index (χ1v) is 8.03. The van der Waals surface area contributed by atoms with E-state index >= 15 is 0 Å². The molecule has 0 saturated heterocycles. The van der Waals surface area contributed by atoms with Crippen molar-refractivity contribution in [1.82, 2.24) is 4.57 Å². The van der Waals surface area contributed by atoms with E-state index in [4.69, 9.17) is 5.11 Å². The molecule has 2 aromatic rings. The summed E-state index contributed by atoms with van der Waals surface area (Å²) in [5, 5.41) is 9.09. The van der Waals surface area contributed by atoms with Gasteiger partial charge in [0.05, 0.1) is 12.3 Å². The summed E-state index contributed by atoms with van der Waals surface area (Å²) in [6.07, 6.45) is 1.48. The van der Waals surface area contributed by atoms with E-state index in [1.807, 2.05) is 12.1 Å². The summed E-state index contributed by atoms with van der Waals surface area (Å²) in [6, 6.07) is 8.59. The molecule has 1 heterocycles. The second-order valence-corrected chi connectivity index (χ2v) is 6.87. The summed E-state index contributed by atoms with van der Waals surface area (Å²) < 4.78 is 29.4. The Morgan fingerprint density at radius 2 is 2.05 bits per heavy atom. The van der Waals surface area contributed by atoms with Crippen LogP contribution in [0.15, 0.2) is 41.4 Å². The fourth-order valence-corrected chi connectivity index (χ4v) is 3.51. The van der Waals surface area contributed by atoms with Crippen molar-refractivity contribution >= 4 is 38.3 Å². The fourth-order valence-electron chi connectivity index (χ4n) is 1.63. The Morgan fingerprint density at radius 3 is 2.63 bits per heavy atom. The lowest BCUT2D eigenvalue weighted by molar-refractivity contribution is 0.272. The fraction of sp³-hybridized carbons (Fsp3) is 0.167. The number of sulfonamides is 1. The number of para-hydroxylation sites is 1. The molecule has 0 aliphatic carbocycles. The molecule has 0 saturated carbocycles. The van der Waals surface area contributed by atoms with Crippen molar-refractivity contribution in [2.24, 2.45) is 7.05 Å². The largest absolute Gasteiger partial charge is 0.390 e. The minimum Gasteiger partial charge on any atom is -0.390 e. The predicted octanol–water partition coefficient (Wildman–Crippen LogP) is 1.92. The molecule has 1 aromatic heterocycles. The van der Waals surface area contributed by atoms with Gasteiger partial charge in [0.1, 0.15) is 4.90 Å². The zero-order chi connectivity index (χ0) is 14.0. The molecule has 2 rings (SSSR count). The lowest BCUT2D eigenvalue weighted by atomic mass is 10.3. The van der Waals surface area contributed by atoms with Crippen LogP contribution in [0, 0.1) is 3.57 Å². The summed E-state index contributed by atoms with van der Waals surface area (Å²) in [6.45, 7) is -0.200. The van der Waals surface area contributed by atoms with Gasteiger partial charge in [0.25, 0.3) is 10.0 Å². The van der Waals surface area contributed by atoms with E-state index in [1.54, 1.807) is 23.7 Å². The van der Waals surface area contributed by atoms with E-state index in [0.29, 0.717) is 11.4 Å². The third-order valence-corrected chi connectivity index (χ3v) is 4.95. The number of aliphatic hydroxyl groups is 1. The summed E-state index contributed by atoms with van der Waals surface area (Å²) >= 11 is 2.07. The van der Waals surface area contributed by atoms with Gasteiger partial charge in [0.15, 0.2) is 0 Å². The van der Waals surface area contributed by atoms with Crippen LogP contribution in [0.4, 0.5) is 5.69 Å². The number of rotatable bonds is 4. The van der Waals surface area contributed by atoms with Crippen LogP contribution in [0.1, 0.15) is 5.69 Å². The molecule has 0 unspecified atom stereocenters. The van der Waals surface area contributed by atoms with Gasteiger partial charge in [-0.2, -0.15) is 0 Å². The van der Waals surface area contributed by atoms with Crippen LogP contribution in [0.2, 0.25) is 0 Å².